The van der Waals surface area contributed by atoms with E-state index in [9.17, 15) is 5.11 Å². The van der Waals surface area contributed by atoms with Gasteiger partial charge >= 0.3 is 0 Å². The van der Waals surface area contributed by atoms with Gasteiger partial charge in [0.1, 0.15) is 0 Å². The van der Waals surface area contributed by atoms with Gasteiger partial charge in [-0.25, -0.2) is 0 Å². The maximum atomic E-state index is 10.1. The van der Waals surface area contributed by atoms with Gasteiger partial charge in [-0.3, -0.25) is 4.90 Å². The van der Waals surface area contributed by atoms with Crippen molar-refractivity contribution in [3.8, 4) is 0 Å². The van der Waals surface area contributed by atoms with Crippen molar-refractivity contribution in [2.45, 2.75) is 46.4 Å². The Balaban J connectivity index is 2.36. The predicted octanol–water partition coefficient (Wildman–Crippen LogP) is 2.57. The highest BCUT2D eigenvalue weighted by Gasteiger charge is 2.15. The van der Waals surface area contributed by atoms with Crippen LogP contribution in [0.3, 0.4) is 0 Å². The molecular weight excluding hydrogens is 256 g/mol. The molecule has 1 heterocycles. The molecule has 0 aliphatic rings. The van der Waals surface area contributed by atoms with E-state index >= 15 is 0 Å². The van der Waals surface area contributed by atoms with Crippen LogP contribution in [0.15, 0.2) is 17.5 Å². The fourth-order valence-corrected chi connectivity index (χ4v) is 2.66. The first-order valence-electron chi connectivity index (χ1n) is 7.14. The van der Waals surface area contributed by atoms with Crippen LogP contribution in [0, 0.1) is 5.92 Å². The second-order valence-electron chi connectivity index (χ2n) is 5.81. The highest BCUT2D eigenvalue weighted by molar-refractivity contribution is 7.09. The van der Waals surface area contributed by atoms with Crippen molar-refractivity contribution in [3.05, 3.63) is 22.4 Å². The molecule has 1 aromatic rings. The molecule has 110 valence electrons. The van der Waals surface area contributed by atoms with Gasteiger partial charge in [-0.05, 0) is 37.8 Å². The van der Waals surface area contributed by atoms with Crippen molar-refractivity contribution in [2.24, 2.45) is 5.92 Å². The molecule has 0 radical (unpaired) electrons. The van der Waals surface area contributed by atoms with Crippen LogP contribution in [0.4, 0.5) is 0 Å². The Labute approximate surface area is 121 Å². The van der Waals surface area contributed by atoms with Crippen LogP contribution >= 0.6 is 11.3 Å². The smallest absolute Gasteiger partial charge is 0.0791 e. The average Bonchev–Trinajstić information content (AvgIpc) is 2.80. The zero-order valence-corrected chi connectivity index (χ0v) is 13.4. The normalized spacial score (nSPS) is 13.7. The van der Waals surface area contributed by atoms with Crippen LogP contribution in [0.25, 0.3) is 0 Å². The van der Waals surface area contributed by atoms with Crippen molar-refractivity contribution in [1.82, 2.24) is 10.2 Å². The van der Waals surface area contributed by atoms with E-state index in [4.69, 9.17) is 0 Å². The summed E-state index contributed by atoms with van der Waals surface area (Å²) in [5.74, 6) is 0.625. The summed E-state index contributed by atoms with van der Waals surface area (Å²) < 4.78 is 0. The van der Waals surface area contributed by atoms with Crippen molar-refractivity contribution < 1.29 is 5.11 Å². The number of aliphatic hydroxyl groups excluding tert-OH is 1. The minimum absolute atomic E-state index is 0.305. The minimum atomic E-state index is -0.305. The van der Waals surface area contributed by atoms with Crippen molar-refractivity contribution in [1.29, 1.82) is 0 Å². The third-order valence-corrected chi connectivity index (χ3v) is 3.91. The predicted molar refractivity (Wildman–Crippen MR) is 83.6 cm³/mol. The Morgan fingerprint density at radius 3 is 2.53 bits per heavy atom. The summed E-state index contributed by atoms with van der Waals surface area (Å²) in [6.07, 6.45) is -0.305. The molecule has 2 N–H and O–H groups in total. The van der Waals surface area contributed by atoms with Crippen LogP contribution in [-0.2, 0) is 6.54 Å². The van der Waals surface area contributed by atoms with Crippen LogP contribution in [0.5, 0.6) is 0 Å². The zero-order chi connectivity index (χ0) is 14.3. The van der Waals surface area contributed by atoms with Crippen molar-refractivity contribution >= 4 is 11.3 Å². The first-order valence-corrected chi connectivity index (χ1v) is 8.02. The molecule has 3 nitrogen and oxygen atoms in total. The van der Waals surface area contributed by atoms with E-state index in [0.717, 1.165) is 19.6 Å². The summed E-state index contributed by atoms with van der Waals surface area (Å²) >= 11 is 1.78. The van der Waals surface area contributed by atoms with E-state index in [1.807, 2.05) is 0 Å². The SMILES string of the molecule is CC(C)CNCC(O)CN(Cc1cccs1)C(C)C. The fraction of sp³-hybridized carbons (Fsp3) is 0.733. The Morgan fingerprint density at radius 2 is 2.00 bits per heavy atom. The van der Waals surface area contributed by atoms with Crippen molar-refractivity contribution in [2.75, 3.05) is 19.6 Å². The fourth-order valence-electron chi connectivity index (χ4n) is 1.93. The topological polar surface area (TPSA) is 35.5 Å². The molecule has 19 heavy (non-hydrogen) atoms. The summed E-state index contributed by atoms with van der Waals surface area (Å²) in [7, 11) is 0. The number of hydrogen-bond acceptors (Lipinski definition) is 4. The molecule has 0 bridgehead atoms. The molecule has 1 unspecified atom stereocenters. The Bertz CT molecular complexity index is 325. The highest BCUT2D eigenvalue weighted by atomic mass is 32.1. The number of aliphatic hydroxyl groups is 1. The molecule has 0 amide bonds. The molecule has 1 rings (SSSR count). The van der Waals surface area contributed by atoms with Crippen molar-refractivity contribution in [3.63, 3.8) is 0 Å². The molecular formula is C15H28N2OS. The molecule has 0 spiro atoms. The maximum absolute atomic E-state index is 10.1. The van der Waals surface area contributed by atoms with Gasteiger partial charge < -0.3 is 10.4 Å². The Kier molecular flexibility index (Phi) is 7.61. The lowest BCUT2D eigenvalue weighted by molar-refractivity contribution is 0.0902. The molecule has 4 heteroatoms. The lowest BCUT2D eigenvalue weighted by Crippen LogP contribution is -2.41. The van der Waals surface area contributed by atoms with Gasteiger partial charge in [0.2, 0.25) is 0 Å². The zero-order valence-electron chi connectivity index (χ0n) is 12.6. The molecule has 0 saturated carbocycles. The molecule has 0 saturated heterocycles. The molecule has 1 aromatic heterocycles. The number of nitrogens with one attached hydrogen (secondary N) is 1. The molecule has 0 aliphatic heterocycles. The van der Waals surface area contributed by atoms with Crippen LogP contribution < -0.4 is 5.32 Å². The first kappa shape index (κ1) is 16.6. The minimum Gasteiger partial charge on any atom is -0.390 e. The van der Waals surface area contributed by atoms with Gasteiger partial charge in [0.15, 0.2) is 0 Å². The van der Waals surface area contributed by atoms with E-state index in [-0.39, 0.29) is 6.10 Å². The van der Waals surface area contributed by atoms with Crippen LogP contribution in [0.1, 0.15) is 32.6 Å². The number of nitrogens with zero attached hydrogens (tertiary/aromatic N) is 1. The molecule has 0 aromatic carbocycles. The van der Waals surface area contributed by atoms with Gasteiger partial charge in [-0.15, -0.1) is 11.3 Å². The number of hydrogen-bond donors (Lipinski definition) is 2. The van der Waals surface area contributed by atoms with E-state index in [0.29, 0.717) is 18.5 Å². The second-order valence-corrected chi connectivity index (χ2v) is 6.84. The van der Waals surface area contributed by atoms with E-state index < -0.39 is 0 Å². The monoisotopic (exact) mass is 284 g/mol. The van der Waals surface area contributed by atoms with Crippen LogP contribution in [-0.4, -0.2) is 41.8 Å². The summed E-state index contributed by atoms with van der Waals surface area (Å²) in [6, 6.07) is 4.68. The van der Waals surface area contributed by atoms with Gasteiger partial charge in [0.05, 0.1) is 6.10 Å². The summed E-state index contributed by atoms with van der Waals surface area (Å²) in [6.45, 7) is 12.0. The van der Waals surface area contributed by atoms with Gasteiger partial charge in [0.25, 0.3) is 0 Å². The third kappa shape index (κ3) is 7.06. The third-order valence-electron chi connectivity index (χ3n) is 3.05. The van der Waals surface area contributed by atoms with Gasteiger partial charge in [-0.2, -0.15) is 0 Å². The molecule has 0 fully saturated rings. The molecule has 1 atom stereocenters. The second kappa shape index (κ2) is 8.69. The van der Waals surface area contributed by atoms with E-state index in [1.54, 1.807) is 11.3 Å². The standard InChI is InChI=1S/C15H28N2OS/c1-12(2)8-16-9-14(18)10-17(13(3)4)11-15-6-5-7-19-15/h5-7,12-14,16,18H,8-11H2,1-4H3. The Morgan fingerprint density at radius 1 is 1.26 bits per heavy atom. The summed E-state index contributed by atoms with van der Waals surface area (Å²) in [5.41, 5.74) is 0. The molecule has 0 aliphatic carbocycles. The summed E-state index contributed by atoms with van der Waals surface area (Å²) in [5, 5.41) is 15.5. The largest absolute Gasteiger partial charge is 0.390 e. The maximum Gasteiger partial charge on any atom is 0.0791 e. The van der Waals surface area contributed by atoms with Crippen LogP contribution in [0.2, 0.25) is 0 Å². The average molecular weight is 284 g/mol. The quantitative estimate of drug-likeness (QED) is 0.731. The highest BCUT2D eigenvalue weighted by Crippen LogP contribution is 2.14. The first-order chi connectivity index (χ1) is 8.99. The lowest BCUT2D eigenvalue weighted by Gasteiger charge is -2.28. The number of rotatable bonds is 9. The lowest BCUT2D eigenvalue weighted by atomic mass is 10.2. The van der Waals surface area contributed by atoms with E-state index in [2.05, 4.69) is 55.4 Å². The Hall–Kier alpha value is -0.420. The number of thiophene rings is 1. The summed E-state index contributed by atoms with van der Waals surface area (Å²) in [4.78, 5) is 3.68. The van der Waals surface area contributed by atoms with Gasteiger partial charge in [0, 0.05) is 30.6 Å². The van der Waals surface area contributed by atoms with Gasteiger partial charge in [-0.1, -0.05) is 19.9 Å². The van der Waals surface area contributed by atoms with E-state index in [1.165, 1.54) is 4.88 Å².